The van der Waals surface area contributed by atoms with Gasteiger partial charge in [-0.1, -0.05) is 0 Å². The molecule has 0 aliphatic carbocycles. The molecule has 3 N–H and O–H groups in total. The van der Waals surface area contributed by atoms with E-state index in [9.17, 15) is 18.0 Å². The lowest BCUT2D eigenvalue weighted by Crippen LogP contribution is -2.30. The molecule has 0 saturated heterocycles. The summed E-state index contributed by atoms with van der Waals surface area (Å²) in [4.78, 5) is 10.3. The van der Waals surface area contributed by atoms with E-state index < -0.39 is 24.7 Å². The Morgan fingerprint density at radius 3 is 2.73 bits per heavy atom. The molecule has 84 valence electrons. The Morgan fingerprint density at radius 2 is 2.33 bits per heavy atom. The van der Waals surface area contributed by atoms with Gasteiger partial charge in [0.2, 0.25) is 0 Å². The lowest BCUT2D eigenvalue weighted by molar-refractivity contribution is -0.140. The van der Waals surface area contributed by atoms with Crippen LogP contribution in [0.25, 0.3) is 0 Å². The van der Waals surface area contributed by atoms with E-state index in [0.717, 1.165) is 6.20 Å². The first-order valence-electron chi connectivity index (χ1n) is 3.80. The van der Waals surface area contributed by atoms with E-state index in [4.69, 9.17) is 5.11 Å². The van der Waals surface area contributed by atoms with Gasteiger partial charge in [-0.3, -0.25) is 0 Å². The summed E-state index contributed by atoms with van der Waals surface area (Å²) in [6.07, 6.45) is -6.32. The molecule has 0 fully saturated rings. The quantitative estimate of drug-likeness (QED) is 0.716. The molecule has 0 radical (unpaired) electrons. The number of carboxylic acid groups (broad SMARTS) is 1. The van der Waals surface area contributed by atoms with E-state index >= 15 is 0 Å². The highest BCUT2D eigenvalue weighted by atomic mass is 19.4. The van der Waals surface area contributed by atoms with Gasteiger partial charge in [0.15, 0.2) is 0 Å². The van der Waals surface area contributed by atoms with E-state index in [0.29, 0.717) is 0 Å². The number of rotatable bonds is 3. The molecule has 9 heteroatoms. The molecule has 1 aromatic rings. The standard InChI is InChI=1S/C6H7F3N4O2/c7-6(8,9)1-3(11-5(14)15)4-2-10-13-12-4/h2-3,11H,1H2,(H,14,15)(H,10,12,13). The normalized spacial score (nSPS) is 13.5. The molecule has 1 amide bonds. The van der Waals surface area contributed by atoms with Gasteiger partial charge in [0, 0.05) is 0 Å². The van der Waals surface area contributed by atoms with Gasteiger partial charge < -0.3 is 10.4 Å². The summed E-state index contributed by atoms with van der Waals surface area (Å²) in [6.45, 7) is 0. The van der Waals surface area contributed by atoms with Gasteiger partial charge in [0.1, 0.15) is 5.69 Å². The number of H-pyrrole nitrogens is 1. The highest BCUT2D eigenvalue weighted by molar-refractivity contribution is 5.65. The summed E-state index contributed by atoms with van der Waals surface area (Å²) in [6, 6.07) is -1.44. The molecule has 0 aliphatic heterocycles. The first-order valence-corrected chi connectivity index (χ1v) is 3.80. The van der Waals surface area contributed by atoms with Crippen LogP contribution in [0.2, 0.25) is 0 Å². The molecule has 1 atom stereocenters. The molecule has 6 nitrogen and oxygen atoms in total. The van der Waals surface area contributed by atoms with Crippen LogP contribution >= 0.6 is 0 Å². The van der Waals surface area contributed by atoms with Crippen molar-refractivity contribution in [2.24, 2.45) is 0 Å². The second-order valence-corrected chi connectivity index (χ2v) is 2.72. The molecule has 0 spiro atoms. The first kappa shape index (κ1) is 11.3. The molecular weight excluding hydrogens is 217 g/mol. The van der Waals surface area contributed by atoms with Crippen molar-refractivity contribution in [3.8, 4) is 0 Å². The predicted octanol–water partition coefficient (Wildman–Crippen LogP) is 1.07. The highest BCUT2D eigenvalue weighted by Gasteiger charge is 2.34. The first-order chi connectivity index (χ1) is 6.88. The molecule has 1 heterocycles. The smallest absolute Gasteiger partial charge is 0.405 e. The summed E-state index contributed by atoms with van der Waals surface area (Å²) in [5, 5.41) is 18.9. The number of halogens is 3. The summed E-state index contributed by atoms with van der Waals surface area (Å²) in [5.74, 6) is 0. The molecule has 0 bridgehead atoms. The topological polar surface area (TPSA) is 90.9 Å². The molecule has 1 unspecified atom stereocenters. The van der Waals surface area contributed by atoms with Crippen LogP contribution < -0.4 is 5.32 Å². The highest BCUT2D eigenvalue weighted by Crippen LogP contribution is 2.28. The second-order valence-electron chi connectivity index (χ2n) is 2.72. The van der Waals surface area contributed by atoms with E-state index in [2.05, 4.69) is 15.4 Å². The minimum absolute atomic E-state index is 0.102. The van der Waals surface area contributed by atoms with Gasteiger partial charge in [-0.05, 0) is 0 Å². The van der Waals surface area contributed by atoms with Crippen molar-refractivity contribution in [3.05, 3.63) is 11.9 Å². The molecule has 1 aromatic heterocycles. The molecule has 0 saturated carbocycles. The van der Waals surface area contributed by atoms with Crippen molar-refractivity contribution in [1.29, 1.82) is 0 Å². The number of hydrogen-bond acceptors (Lipinski definition) is 3. The number of aromatic nitrogens is 3. The number of alkyl halides is 3. The molecular formula is C6H7F3N4O2. The zero-order valence-corrected chi connectivity index (χ0v) is 7.25. The average Bonchev–Trinajstić information content (AvgIpc) is 2.50. The SMILES string of the molecule is O=C(O)NC(CC(F)(F)F)c1cn[nH]n1. The van der Waals surface area contributed by atoms with Gasteiger partial charge in [0.25, 0.3) is 0 Å². The fraction of sp³-hybridized carbons (Fsp3) is 0.500. The van der Waals surface area contributed by atoms with Crippen molar-refractivity contribution in [2.45, 2.75) is 18.6 Å². The number of nitrogens with zero attached hydrogens (tertiary/aromatic N) is 2. The third-order valence-electron chi connectivity index (χ3n) is 1.52. The number of carbonyl (C=O) groups is 1. The van der Waals surface area contributed by atoms with Gasteiger partial charge in [0.05, 0.1) is 18.7 Å². The lowest BCUT2D eigenvalue weighted by Gasteiger charge is -2.15. The Morgan fingerprint density at radius 1 is 1.67 bits per heavy atom. The predicted molar refractivity (Wildman–Crippen MR) is 41.0 cm³/mol. The Bertz CT molecular complexity index is 324. The van der Waals surface area contributed by atoms with Gasteiger partial charge in [-0.25, -0.2) is 4.79 Å². The Labute approximate surface area is 81.5 Å². The minimum atomic E-state index is -4.48. The van der Waals surface area contributed by atoms with Crippen LogP contribution in [-0.2, 0) is 0 Å². The third-order valence-corrected chi connectivity index (χ3v) is 1.52. The van der Waals surface area contributed by atoms with Crippen LogP contribution in [0.3, 0.4) is 0 Å². The molecule has 15 heavy (non-hydrogen) atoms. The number of amides is 1. The summed E-state index contributed by atoms with van der Waals surface area (Å²) >= 11 is 0. The van der Waals surface area contributed by atoms with Crippen LogP contribution in [0.1, 0.15) is 18.2 Å². The van der Waals surface area contributed by atoms with E-state index in [1.165, 1.54) is 0 Å². The van der Waals surface area contributed by atoms with Gasteiger partial charge >= 0.3 is 12.3 Å². The van der Waals surface area contributed by atoms with Crippen LogP contribution in [0, 0.1) is 0 Å². The van der Waals surface area contributed by atoms with Crippen LogP contribution in [0.15, 0.2) is 6.20 Å². The van der Waals surface area contributed by atoms with Crippen molar-refractivity contribution in [1.82, 2.24) is 20.7 Å². The number of nitrogens with one attached hydrogen (secondary N) is 2. The second kappa shape index (κ2) is 4.15. The van der Waals surface area contributed by atoms with E-state index in [1.54, 1.807) is 5.32 Å². The summed E-state index contributed by atoms with van der Waals surface area (Å²) < 4.78 is 36.2. The Hall–Kier alpha value is -1.80. The maximum absolute atomic E-state index is 12.1. The van der Waals surface area contributed by atoms with Crippen molar-refractivity contribution >= 4 is 6.09 Å². The average molecular weight is 224 g/mol. The summed E-state index contributed by atoms with van der Waals surface area (Å²) in [7, 11) is 0. The molecule has 0 aromatic carbocycles. The third kappa shape index (κ3) is 3.83. The monoisotopic (exact) mass is 224 g/mol. The maximum atomic E-state index is 12.1. The van der Waals surface area contributed by atoms with Crippen LogP contribution in [0.5, 0.6) is 0 Å². The van der Waals surface area contributed by atoms with Crippen molar-refractivity contribution in [2.75, 3.05) is 0 Å². The van der Waals surface area contributed by atoms with Gasteiger partial charge in [-0.2, -0.15) is 28.6 Å². The largest absolute Gasteiger partial charge is 0.465 e. The Kier molecular flexibility index (Phi) is 3.12. The zero-order valence-electron chi connectivity index (χ0n) is 7.25. The Balaban J connectivity index is 2.75. The maximum Gasteiger partial charge on any atom is 0.405 e. The van der Waals surface area contributed by atoms with Gasteiger partial charge in [-0.15, -0.1) is 0 Å². The lowest BCUT2D eigenvalue weighted by atomic mass is 10.1. The van der Waals surface area contributed by atoms with Crippen LogP contribution in [0.4, 0.5) is 18.0 Å². The molecule has 0 aliphatic rings. The van der Waals surface area contributed by atoms with Crippen LogP contribution in [-0.4, -0.2) is 32.8 Å². The van der Waals surface area contributed by atoms with Crippen molar-refractivity contribution < 1.29 is 23.1 Å². The van der Waals surface area contributed by atoms with Crippen molar-refractivity contribution in [3.63, 3.8) is 0 Å². The number of aromatic amines is 1. The minimum Gasteiger partial charge on any atom is -0.465 e. The van der Waals surface area contributed by atoms with E-state index in [-0.39, 0.29) is 5.69 Å². The van der Waals surface area contributed by atoms with E-state index in [1.807, 2.05) is 0 Å². The number of hydrogen-bond donors (Lipinski definition) is 3. The zero-order chi connectivity index (χ0) is 11.5. The fourth-order valence-electron chi connectivity index (χ4n) is 0.988. The summed E-state index contributed by atoms with van der Waals surface area (Å²) in [5.41, 5.74) is -0.102. The fourth-order valence-corrected chi connectivity index (χ4v) is 0.988. The molecule has 1 rings (SSSR count).